The third kappa shape index (κ3) is 3.54. The summed E-state index contributed by atoms with van der Waals surface area (Å²) in [6.07, 6.45) is 1.41. The van der Waals surface area contributed by atoms with Gasteiger partial charge in [0.2, 0.25) is 0 Å². The molecule has 20 heavy (non-hydrogen) atoms. The van der Waals surface area contributed by atoms with Gasteiger partial charge < -0.3 is 10.1 Å². The first-order valence-electron chi connectivity index (χ1n) is 5.64. The number of aromatic nitrogens is 1. The lowest BCUT2D eigenvalue weighted by molar-refractivity contribution is -0.0503. The summed E-state index contributed by atoms with van der Waals surface area (Å²) < 4.78 is 42.4. The van der Waals surface area contributed by atoms with Crippen LogP contribution < -0.4 is 10.1 Å². The van der Waals surface area contributed by atoms with Crippen LogP contribution in [-0.4, -0.2) is 11.6 Å². The van der Waals surface area contributed by atoms with Gasteiger partial charge in [0.1, 0.15) is 5.75 Å². The van der Waals surface area contributed by atoms with Crippen molar-refractivity contribution in [2.75, 3.05) is 5.32 Å². The van der Waals surface area contributed by atoms with E-state index in [4.69, 9.17) is 11.6 Å². The largest absolute Gasteiger partial charge is 0.434 e. The highest BCUT2D eigenvalue weighted by molar-refractivity contribution is 6.31. The van der Waals surface area contributed by atoms with Gasteiger partial charge in [0.05, 0.1) is 0 Å². The summed E-state index contributed by atoms with van der Waals surface area (Å²) in [5, 5.41) is 2.93. The molecule has 1 aromatic heterocycles. The van der Waals surface area contributed by atoms with E-state index < -0.39 is 12.4 Å². The van der Waals surface area contributed by atoms with Crippen LogP contribution in [0.1, 0.15) is 5.56 Å². The minimum absolute atomic E-state index is 0.00958. The van der Waals surface area contributed by atoms with E-state index in [-0.39, 0.29) is 23.1 Å². The molecule has 2 aromatic rings. The van der Waals surface area contributed by atoms with E-state index in [1.807, 2.05) is 0 Å². The molecule has 0 amide bonds. The minimum Gasteiger partial charge on any atom is -0.434 e. The lowest BCUT2D eigenvalue weighted by Crippen LogP contribution is -2.09. The van der Waals surface area contributed by atoms with E-state index in [1.54, 1.807) is 0 Å². The zero-order valence-electron chi connectivity index (χ0n) is 10.1. The van der Waals surface area contributed by atoms with Gasteiger partial charge in [-0.2, -0.15) is 8.78 Å². The fraction of sp³-hybridized carbons (Fsp3) is 0.154. The van der Waals surface area contributed by atoms with Crippen molar-refractivity contribution in [1.82, 2.24) is 4.98 Å². The molecule has 0 aliphatic heterocycles. The topological polar surface area (TPSA) is 34.2 Å². The summed E-state index contributed by atoms with van der Waals surface area (Å²) in [7, 11) is 0. The summed E-state index contributed by atoms with van der Waals surface area (Å²) in [5.74, 6) is -0.595. The highest BCUT2D eigenvalue weighted by atomic mass is 35.5. The van der Waals surface area contributed by atoms with Crippen LogP contribution in [0.4, 0.5) is 19.0 Å². The number of ether oxygens (including phenoxy) is 1. The van der Waals surface area contributed by atoms with Gasteiger partial charge in [-0.1, -0.05) is 17.7 Å². The Morgan fingerprint density at radius 3 is 2.75 bits per heavy atom. The first kappa shape index (κ1) is 14.5. The summed E-state index contributed by atoms with van der Waals surface area (Å²) in [6, 6.07) is 7.07. The highest BCUT2D eigenvalue weighted by Gasteiger charge is 2.13. The molecule has 0 aliphatic carbocycles. The zero-order chi connectivity index (χ0) is 14.5. The maximum atomic E-state index is 13.4. The molecule has 0 saturated heterocycles. The SMILES string of the molecule is Fc1cccnc1NCc1c(Cl)cccc1OC(F)F. The van der Waals surface area contributed by atoms with Crippen molar-refractivity contribution in [2.24, 2.45) is 0 Å². The van der Waals surface area contributed by atoms with E-state index >= 15 is 0 Å². The van der Waals surface area contributed by atoms with Gasteiger partial charge in [-0.3, -0.25) is 0 Å². The van der Waals surface area contributed by atoms with Crippen LogP contribution in [0.25, 0.3) is 0 Å². The van der Waals surface area contributed by atoms with Gasteiger partial charge in [-0.15, -0.1) is 0 Å². The molecular weight excluding hydrogens is 293 g/mol. The Morgan fingerprint density at radius 1 is 1.25 bits per heavy atom. The number of hydrogen-bond donors (Lipinski definition) is 1. The summed E-state index contributed by atoms with van der Waals surface area (Å²) in [5.41, 5.74) is 0.305. The van der Waals surface area contributed by atoms with Gasteiger partial charge in [-0.05, 0) is 24.3 Å². The smallest absolute Gasteiger partial charge is 0.387 e. The van der Waals surface area contributed by atoms with Crippen LogP contribution in [-0.2, 0) is 6.54 Å². The van der Waals surface area contributed by atoms with E-state index in [9.17, 15) is 13.2 Å². The van der Waals surface area contributed by atoms with E-state index in [0.29, 0.717) is 5.56 Å². The number of hydrogen-bond acceptors (Lipinski definition) is 3. The number of benzene rings is 1. The fourth-order valence-corrected chi connectivity index (χ4v) is 1.84. The number of anilines is 1. The van der Waals surface area contributed by atoms with Crippen LogP contribution in [0.5, 0.6) is 5.75 Å². The van der Waals surface area contributed by atoms with Crippen LogP contribution in [0.3, 0.4) is 0 Å². The van der Waals surface area contributed by atoms with Crippen molar-refractivity contribution in [3.63, 3.8) is 0 Å². The Balaban J connectivity index is 2.18. The van der Waals surface area contributed by atoms with Crippen LogP contribution >= 0.6 is 11.6 Å². The average molecular weight is 303 g/mol. The fourth-order valence-electron chi connectivity index (χ4n) is 1.60. The number of nitrogens with zero attached hydrogens (tertiary/aromatic N) is 1. The maximum Gasteiger partial charge on any atom is 0.387 e. The predicted octanol–water partition coefficient (Wildman–Crippen LogP) is 4.09. The predicted molar refractivity (Wildman–Crippen MR) is 69.6 cm³/mol. The highest BCUT2D eigenvalue weighted by Crippen LogP contribution is 2.28. The third-order valence-electron chi connectivity index (χ3n) is 2.48. The normalized spacial score (nSPS) is 10.7. The van der Waals surface area contributed by atoms with E-state index in [0.717, 1.165) is 0 Å². The van der Waals surface area contributed by atoms with Crippen molar-refractivity contribution in [3.8, 4) is 5.75 Å². The number of pyridine rings is 1. The Kier molecular flexibility index (Phi) is 4.68. The summed E-state index contributed by atoms with van der Waals surface area (Å²) in [4.78, 5) is 3.80. The second kappa shape index (κ2) is 6.47. The standard InChI is InChI=1S/C13H10ClF3N2O/c14-9-3-1-5-11(20-13(16)17)8(9)7-19-12-10(15)4-2-6-18-12/h1-6,13H,7H2,(H,18,19). The van der Waals surface area contributed by atoms with Crippen molar-refractivity contribution in [3.05, 3.63) is 52.9 Å². The third-order valence-corrected chi connectivity index (χ3v) is 2.84. The molecule has 0 atom stereocenters. The van der Waals surface area contributed by atoms with Crippen LogP contribution in [0.15, 0.2) is 36.5 Å². The molecule has 1 aromatic carbocycles. The molecule has 0 fully saturated rings. The zero-order valence-corrected chi connectivity index (χ0v) is 10.9. The molecule has 7 heteroatoms. The molecule has 0 saturated carbocycles. The Bertz CT molecular complexity index is 596. The number of halogens is 4. The quantitative estimate of drug-likeness (QED) is 0.903. The number of nitrogens with one attached hydrogen (secondary N) is 1. The molecule has 0 unspecified atom stereocenters. The second-order valence-corrected chi connectivity index (χ2v) is 4.19. The molecule has 2 rings (SSSR count). The second-order valence-electron chi connectivity index (χ2n) is 3.78. The van der Waals surface area contributed by atoms with Gasteiger partial charge >= 0.3 is 6.61 Å². The van der Waals surface area contributed by atoms with Gasteiger partial charge in [0, 0.05) is 23.3 Å². The summed E-state index contributed by atoms with van der Waals surface area (Å²) >= 11 is 5.94. The summed E-state index contributed by atoms with van der Waals surface area (Å²) in [6.45, 7) is -2.95. The first-order chi connectivity index (χ1) is 9.58. The Morgan fingerprint density at radius 2 is 2.05 bits per heavy atom. The van der Waals surface area contributed by atoms with Gasteiger partial charge in [0.15, 0.2) is 11.6 Å². The van der Waals surface area contributed by atoms with Crippen molar-refractivity contribution in [2.45, 2.75) is 13.2 Å². The average Bonchev–Trinajstić information content (AvgIpc) is 2.39. The molecule has 0 radical (unpaired) electrons. The van der Waals surface area contributed by atoms with Crippen LogP contribution in [0.2, 0.25) is 5.02 Å². The number of rotatable bonds is 5. The van der Waals surface area contributed by atoms with Crippen molar-refractivity contribution in [1.29, 1.82) is 0 Å². The Labute approximate surface area is 118 Å². The molecule has 1 heterocycles. The van der Waals surface area contributed by atoms with Crippen LogP contribution in [0, 0.1) is 5.82 Å². The maximum absolute atomic E-state index is 13.4. The van der Waals surface area contributed by atoms with Gasteiger partial charge in [-0.25, -0.2) is 9.37 Å². The lowest BCUT2D eigenvalue weighted by Gasteiger charge is -2.13. The van der Waals surface area contributed by atoms with Gasteiger partial charge in [0.25, 0.3) is 0 Å². The van der Waals surface area contributed by atoms with E-state index in [1.165, 1.54) is 36.5 Å². The van der Waals surface area contributed by atoms with Crippen molar-refractivity contribution < 1.29 is 17.9 Å². The molecule has 3 nitrogen and oxygen atoms in total. The van der Waals surface area contributed by atoms with Crippen molar-refractivity contribution >= 4 is 17.4 Å². The molecule has 0 bridgehead atoms. The molecule has 0 spiro atoms. The minimum atomic E-state index is -2.96. The van der Waals surface area contributed by atoms with E-state index in [2.05, 4.69) is 15.0 Å². The number of alkyl halides is 2. The molecular formula is C13H10ClF3N2O. The monoisotopic (exact) mass is 302 g/mol. The Hall–Kier alpha value is -1.95. The molecule has 0 aliphatic rings. The molecule has 1 N–H and O–H groups in total. The lowest BCUT2D eigenvalue weighted by atomic mass is 10.2. The first-order valence-corrected chi connectivity index (χ1v) is 6.02. The molecule has 106 valence electrons.